The molecule has 0 amide bonds. The Morgan fingerprint density at radius 3 is 2.52 bits per heavy atom. The van der Waals surface area contributed by atoms with Crippen LogP contribution in [0, 0.1) is 0 Å². The van der Waals surface area contributed by atoms with Gasteiger partial charge in [0.2, 0.25) is 0 Å². The maximum Gasteiger partial charge on any atom is 0.326 e. The van der Waals surface area contributed by atoms with E-state index in [1.165, 1.54) is 18.2 Å². The van der Waals surface area contributed by atoms with Gasteiger partial charge in [-0.15, -0.1) is 0 Å². The van der Waals surface area contributed by atoms with Crippen LogP contribution < -0.4 is 11.0 Å². The zero-order valence-corrected chi connectivity index (χ0v) is 11.2. The quantitative estimate of drug-likeness (QED) is 0.719. The molecule has 0 fully saturated rings. The van der Waals surface area contributed by atoms with Crippen molar-refractivity contribution in [1.29, 1.82) is 0 Å². The van der Waals surface area contributed by atoms with E-state index in [2.05, 4.69) is 15.3 Å². The van der Waals surface area contributed by atoms with Crippen LogP contribution in [0.1, 0.15) is 24.9 Å². The summed E-state index contributed by atoms with van der Waals surface area (Å²) in [5.74, 6) is -4.21. The number of hydrogen-bond acceptors (Lipinski definition) is 2. The highest BCUT2D eigenvalue weighted by Gasteiger charge is 2.49. The van der Waals surface area contributed by atoms with Crippen molar-refractivity contribution in [1.82, 2.24) is 15.3 Å². The third kappa shape index (κ3) is 3.10. The van der Waals surface area contributed by atoms with Crippen molar-refractivity contribution in [3.05, 3.63) is 34.2 Å². The highest BCUT2D eigenvalue weighted by atomic mass is 19.3. The average Bonchev–Trinajstić information content (AvgIpc) is 2.78. The molecule has 21 heavy (non-hydrogen) atoms. The molecule has 0 spiro atoms. The van der Waals surface area contributed by atoms with Gasteiger partial charge >= 0.3 is 18.0 Å². The number of hydrogen-bond donors (Lipinski definition) is 3. The SMILES string of the molecule is CCCNC(c1ccc2[nH]c(=O)[nH]c2c1)C(F)(F)C(F)F. The summed E-state index contributed by atoms with van der Waals surface area (Å²) in [4.78, 5) is 16.0. The largest absolute Gasteiger partial charge is 0.326 e. The van der Waals surface area contributed by atoms with Crippen LogP contribution in [-0.4, -0.2) is 28.9 Å². The van der Waals surface area contributed by atoms with E-state index >= 15 is 0 Å². The van der Waals surface area contributed by atoms with Crippen molar-refractivity contribution in [2.45, 2.75) is 31.7 Å². The molecule has 0 aliphatic rings. The van der Waals surface area contributed by atoms with Gasteiger partial charge in [0.25, 0.3) is 0 Å². The van der Waals surface area contributed by atoms with Crippen molar-refractivity contribution < 1.29 is 17.6 Å². The van der Waals surface area contributed by atoms with E-state index in [1.807, 2.05) is 0 Å². The summed E-state index contributed by atoms with van der Waals surface area (Å²) in [6.07, 6.45) is -3.26. The number of halogens is 4. The number of nitrogens with one attached hydrogen (secondary N) is 3. The first-order chi connectivity index (χ1) is 9.86. The first-order valence-corrected chi connectivity index (χ1v) is 6.47. The Balaban J connectivity index is 2.44. The molecule has 3 N–H and O–H groups in total. The molecule has 0 aliphatic heterocycles. The predicted octanol–water partition coefficient (Wildman–Crippen LogP) is 2.80. The molecular formula is C13H15F4N3O. The fourth-order valence-corrected chi connectivity index (χ4v) is 2.12. The normalized spacial score (nSPS) is 14.0. The molecule has 2 rings (SSSR count). The lowest BCUT2D eigenvalue weighted by Gasteiger charge is -2.27. The second-order valence-corrected chi connectivity index (χ2v) is 4.75. The molecule has 2 aromatic rings. The second kappa shape index (κ2) is 5.88. The highest BCUT2D eigenvalue weighted by Crippen LogP contribution is 2.37. The zero-order chi connectivity index (χ0) is 15.6. The minimum Gasteiger partial charge on any atom is -0.306 e. The standard InChI is InChI=1S/C13H15F4N3O/c1-2-5-18-10(13(16,17)11(14)15)7-3-4-8-9(6-7)20-12(21)19-8/h3-4,6,10-11,18H,2,5H2,1H3,(H2,19,20,21). The van der Waals surface area contributed by atoms with E-state index in [-0.39, 0.29) is 12.1 Å². The summed E-state index contributed by atoms with van der Waals surface area (Å²) in [5.41, 5.74) is 0.238. The van der Waals surface area contributed by atoms with Crippen LogP contribution in [0.15, 0.2) is 23.0 Å². The molecule has 1 atom stereocenters. The molecule has 0 bridgehead atoms. The van der Waals surface area contributed by atoms with Crippen molar-refractivity contribution in [2.75, 3.05) is 6.54 Å². The van der Waals surface area contributed by atoms with E-state index in [4.69, 9.17) is 0 Å². The van der Waals surface area contributed by atoms with Gasteiger partial charge in [-0.1, -0.05) is 13.0 Å². The monoisotopic (exact) mass is 305 g/mol. The first kappa shape index (κ1) is 15.6. The van der Waals surface area contributed by atoms with Gasteiger partial charge < -0.3 is 15.3 Å². The number of rotatable bonds is 6. The molecule has 1 aromatic heterocycles. The number of aromatic amines is 2. The van der Waals surface area contributed by atoms with E-state index in [1.54, 1.807) is 6.92 Å². The lowest BCUT2D eigenvalue weighted by molar-refractivity contribution is -0.151. The molecule has 0 aliphatic carbocycles. The van der Waals surface area contributed by atoms with E-state index < -0.39 is 24.1 Å². The van der Waals surface area contributed by atoms with Gasteiger partial charge in [-0.05, 0) is 30.7 Å². The first-order valence-electron chi connectivity index (χ1n) is 6.47. The molecule has 1 heterocycles. The Morgan fingerprint density at radius 2 is 1.90 bits per heavy atom. The van der Waals surface area contributed by atoms with Crippen molar-refractivity contribution in [3.8, 4) is 0 Å². The number of alkyl halides is 4. The Labute approximate surface area is 117 Å². The zero-order valence-electron chi connectivity index (χ0n) is 11.2. The van der Waals surface area contributed by atoms with Gasteiger partial charge in [-0.25, -0.2) is 13.6 Å². The van der Waals surface area contributed by atoms with Crippen LogP contribution in [0.2, 0.25) is 0 Å². The Hall–Kier alpha value is -1.83. The Morgan fingerprint density at radius 1 is 1.24 bits per heavy atom. The minimum absolute atomic E-state index is 0.00324. The third-order valence-corrected chi connectivity index (χ3v) is 3.15. The smallest absolute Gasteiger partial charge is 0.306 e. The van der Waals surface area contributed by atoms with Crippen molar-refractivity contribution in [3.63, 3.8) is 0 Å². The molecule has 8 heteroatoms. The van der Waals surface area contributed by atoms with Gasteiger partial charge in [-0.2, -0.15) is 8.78 Å². The minimum atomic E-state index is -4.21. The number of benzene rings is 1. The number of imidazole rings is 1. The van der Waals surface area contributed by atoms with E-state index in [9.17, 15) is 22.4 Å². The number of fused-ring (bicyclic) bond motifs is 1. The molecule has 1 aromatic carbocycles. The molecule has 0 saturated carbocycles. The topological polar surface area (TPSA) is 60.7 Å². The predicted molar refractivity (Wildman–Crippen MR) is 70.9 cm³/mol. The maximum absolute atomic E-state index is 13.7. The summed E-state index contributed by atoms with van der Waals surface area (Å²) in [6, 6.07) is 2.16. The summed E-state index contributed by atoms with van der Waals surface area (Å²) >= 11 is 0. The third-order valence-electron chi connectivity index (χ3n) is 3.15. The van der Waals surface area contributed by atoms with Crippen LogP contribution in [0.4, 0.5) is 17.6 Å². The van der Waals surface area contributed by atoms with Gasteiger partial charge in [0.05, 0.1) is 11.0 Å². The molecular weight excluding hydrogens is 290 g/mol. The van der Waals surface area contributed by atoms with Crippen LogP contribution in [0.5, 0.6) is 0 Å². The summed E-state index contributed by atoms with van der Waals surface area (Å²) in [5, 5.41) is 2.45. The van der Waals surface area contributed by atoms with Crippen LogP contribution in [0.25, 0.3) is 11.0 Å². The second-order valence-electron chi connectivity index (χ2n) is 4.75. The average molecular weight is 305 g/mol. The number of H-pyrrole nitrogens is 2. The molecule has 116 valence electrons. The highest BCUT2D eigenvalue weighted by molar-refractivity contribution is 5.75. The summed E-state index contributed by atoms with van der Waals surface area (Å²) in [6.45, 7) is 1.92. The van der Waals surface area contributed by atoms with Crippen LogP contribution in [-0.2, 0) is 0 Å². The Bertz CT molecular complexity index is 665. The van der Waals surface area contributed by atoms with Crippen LogP contribution >= 0.6 is 0 Å². The fourth-order valence-electron chi connectivity index (χ4n) is 2.12. The fraction of sp³-hybridized carbons (Fsp3) is 0.462. The van der Waals surface area contributed by atoms with Crippen molar-refractivity contribution in [2.24, 2.45) is 0 Å². The van der Waals surface area contributed by atoms with E-state index in [0.717, 1.165) is 0 Å². The molecule has 0 saturated heterocycles. The number of aromatic nitrogens is 2. The summed E-state index contributed by atoms with van der Waals surface area (Å²) in [7, 11) is 0. The van der Waals surface area contributed by atoms with Gasteiger partial charge in [0, 0.05) is 0 Å². The molecule has 0 radical (unpaired) electrons. The van der Waals surface area contributed by atoms with Crippen LogP contribution in [0.3, 0.4) is 0 Å². The van der Waals surface area contributed by atoms with E-state index in [0.29, 0.717) is 17.5 Å². The van der Waals surface area contributed by atoms with Gasteiger partial charge in [0.15, 0.2) is 0 Å². The maximum atomic E-state index is 13.7. The van der Waals surface area contributed by atoms with Crippen molar-refractivity contribution >= 4 is 11.0 Å². The van der Waals surface area contributed by atoms with Gasteiger partial charge in [0.1, 0.15) is 6.04 Å². The van der Waals surface area contributed by atoms with Gasteiger partial charge in [-0.3, -0.25) is 0 Å². The lowest BCUT2D eigenvalue weighted by Crippen LogP contribution is -2.42. The lowest BCUT2D eigenvalue weighted by atomic mass is 10.00. The Kier molecular flexibility index (Phi) is 4.36. The summed E-state index contributed by atoms with van der Waals surface area (Å²) < 4.78 is 52.7. The molecule has 1 unspecified atom stereocenters. The molecule has 4 nitrogen and oxygen atoms in total.